The number of nitrogens with zero attached hydrogens (tertiary/aromatic N) is 3. The fourth-order valence-corrected chi connectivity index (χ4v) is 1.77. The van der Waals surface area contributed by atoms with E-state index in [9.17, 15) is 4.79 Å². The predicted octanol–water partition coefficient (Wildman–Crippen LogP) is 1.34. The van der Waals surface area contributed by atoms with Crippen molar-refractivity contribution in [3.63, 3.8) is 0 Å². The van der Waals surface area contributed by atoms with Gasteiger partial charge in [-0.2, -0.15) is 0 Å². The third kappa shape index (κ3) is 2.17. The molecule has 6 nitrogen and oxygen atoms in total. The number of aromatic nitrogens is 3. The summed E-state index contributed by atoms with van der Waals surface area (Å²) in [6.07, 6.45) is 0. The first kappa shape index (κ1) is 12.1. The molecule has 1 aromatic carbocycles. The van der Waals surface area contributed by atoms with Crippen molar-refractivity contribution < 1.29 is 14.6 Å². The van der Waals surface area contributed by atoms with Crippen molar-refractivity contribution in [3.05, 3.63) is 41.2 Å². The van der Waals surface area contributed by atoms with Crippen LogP contribution >= 0.6 is 0 Å². The van der Waals surface area contributed by atoms with Crippen LogP contribution in [0.15, 0.2) is 24.3 Å². The second kappa shape index (κ2) is 4.87. The minimum Gasteiger partial charge on any atom is -0.496 e. The van der Waals surface area contributed by atoms with Crippen molar-refractivity contribution >= 4 is 5.97 Å². The van der Waals surface area contributed by atoms with E-state index in [0.717, 1.165) is 5.56 Å². The third-order valence-electron chi connectivity index (χ3n) is 2.62. The van der Waals surface area contributed by atoms with E-state index in [1.165, 1.54) is 4.68 Å². The number of aromatic carboxylic acids is 1. The Morgan fingerprint density at radius 2 is 2.17 bits per heavy atom. The average Bonchev–Trinajstić information content (AvgIpc) is 2.71. The van der Waals surface area contributed by atoms with Gasteiger partial charge in [-0.15, -0.1) is 5.10 Å². The first-order chi connectivity index (χ1) is 8.63. The summed E-state index contributed by atoms with van der Waals surface area (Å²) < 4.78 is 6.57. The average molecular weight is 247 g/mol. The molecule has 0 aliphatic carbocycles. The smallest absolute Gasteiger partial charge is 0.356 e. The fraction of sp³-hybridized carbons (Fsp3) is 0.250. The van der Waals surface area contributed by atoms with Gasteiger partial charge in [0.25, 0.3) is 0 Å². The molecule has 0 fully saturated rings. The van der Waals surface area contributed by atoms with Crippen molar-refractivity contribution in [2.45, 2.75) is 13.5 Å². The summed E-state index contributed by atoms with van der Waals surface area (Å²) in [5.41, 5.74) is 1.35. The Balaban J connectivity index is 2.37. The number of rotatable bonds is 4. The number of aryl methyl sites for hydroxylation is 1. The van der Waals surface area contributed by atoms with Crippen molar-refractivity contribution in [2.24, 2.45) is 0 Å². The molecule has 1 aromatic heterocycles. The second-order valence-corrected chi connectivity index (χ2v) is 3.80. The van der Waals surface area contributed by atoms with Crippen LogP contribution in [0.5, 0.6) is 5.75 Å². The number of carboxylic acid groups (broad SMARTS) is 1. The zero-order valence-corrected chi connectivity index (χ0v) is 10.1. The van der Waals surface area contributed by atoms with E-state index in [2.05, 4.69) is 10.3 Å². The van der Waals surface area contributed by atoms with E-state index in [0.29, 0.717) is 18.0 Å². The molecule has 0 saturated carbocycles. The normalized spacial score (nSPS) is 10.3. The lowest BCUT2D eigenvalue weighted by atomic mass is 10.2. The molecule has 0 radical (unpaired) electrons. The van der Waals surface area contributed by atoms with Gasteiger partial charge in [-0.05, 0) is 13.0 Å². The van der Waals surface area contributed by atoms with Crippen LogP contribution in [-0.2, 0) is 6.54 Å². The van der Waals surface area contributed by atoms with Crippen LogP contribution in [0.3, 0.4) is 0 Å². The largest absolute Gasteiger partial charge is 0.496 e. The monoisotopic (exact) mass is 247 g/mol. The summed E-state index contributed by atoms with van der Waals surface area (Å²) in [6, 6.07) is 7.40. The minimum atomic E-state index is -1.03. The van der Waals surface area contributed by atoms with Gasteiger partial charge in [0.05, 0.1) is 19.3 Å². The molecule has 6 heteroatoms. The topological polar surface area (TPSA) is 77.2 Å². The molecule has 18 heavy (non-hydrogen) atoms. The van der Waals surface area contributed by atoms with Gasteiger partial charge in [0.2, 0.25) is 0 Å². The summed E-state index contributed by atoms with van der Waals surface area (Å²) in [5.74, 6) is -0.339. The van der Waals surface area contributed by atoms with Crippen molar-refractivity contribution in [3.8, 4) is 5.75 Å². The molecular formula is C12H13N3O3. The summed E-state index contributed by atoms with van der Waals surface area (Å²) in [7, 11) is 1.57. The van der Waals surface area contributed by atoms with Crippen LogP contribution in [0.2, 0.25) is 0 Å². The lowest BCUT2D eigenvalue weighted by Gasteiger charge is -2.08. The zero-order chi connectivity index (χ0) is 13.1. The molecule has 0 aliphatic heterocycles. The Labute approximate surface area is 104 Å². The van der Waals surface area contributed by atoms with Gasteiger partial charge in [-0.1, -0.05) is 23.4 Å². The van der Waals surface area contributed by atoms with E-state index >= 15 is 0 Å². The van der Waals surface area contributed by atoms with Gasteiger partial charge in [0, 0.05) is 5.56 Å². The van der Waals surface area contributed by atoms with Gasteiger partial charge >= 0.3 is 5.97 Å². The molecule has 0 saturated heterocycles. The standard InChI is InChI=1S/C12H13N3O3/c1-8-11(12(16)17)15(14-13-8)7-9-5-3-4-6-10(9)18-2/h3-6H,7H2,1-2H3,(H,16,17). The number of para-hydroxylation sites is 1. The summed E-state index contributed by atoms with van der Waals surface area (Å²) >= 11 is 0. The molecule has 1 heterocycles. The molecular weight excluding hydrogens is 234 g/mol. The Kier molecular flexibility index (Phi) is 3.27. The maximum atomic E-state index is 11.1. The van der Waals surface area contributed by atoms with Crippen molar-refractivity contribution in [1.82, 2.24) is 15.0 Å². The van der Waals surface area contributed by atoms with Gasteiger partial charge in [0.1, 0.15) is 5.75 Å². The van der Waals surface area contributed by atoms with Crippen molar-refractivity contribution in [2.75, 3.05) is 7.11 Å². The molecule has 0 spiro atoms. The molecule has 2 rings (SSSR count). The second-order valence-electron chi connectivity index (χ2n) is 3.80. The minimum absolute atomic E-state index is 0.0981. The molecule has 94 valence electrons. The number of carboxylic acids is 1. The van der Waals surface area contributed by atoms with Crippen LogP contribution in [0.25, 0.3) is 0 Å². The summed E-state index contributed by atoms with van der Waals surface area (Å²) in [6.45, 7) is 1.93. The number of benzene rings is 1. The molecule has 0 bridgehead atoms. The SMILES string of the molecule is COc1ccccc1Cn1nnc(C)c1C(=O)O. The van der Waals surface area contributed by atoms with Crippen molar-refractivity contribution in [1.29, 1.82) is 0 Å². The van der Waals surface area contributed by atoms with Gasteiger partial charge in [0.15, 0.2) is 5.69 Å². The third-order valence-corrected chi connectivity index (χ3v) is 2.62. The van der Waals surface area contributed by atoms with E-state index < -0.39 is 5.97 Å². The Hall–Kier alpha value is -2.37. The van der Waals surface area contributed by atoms with Crippen LogP contribution in [0, 0.1) is 6.92 Å². The molecule has 0 aliphatic rings. The maximum absolute atomic E-state index is 11.1. The lowest BCUT2D eigenvalue weighted by Crippen LogP contribution is -2.12. The molecule has 2 aromatic rings. The maximum Gasteiger partial charge on any atom is 0.356 e. The highest BCUT2D eigenvalue weighted by Gasteiger charge is 2.17. The number of carbonyl (C=O) groups is 1. The highest BCUT2D eigenvalue weighted by atomic mass is 16.5. The van der Waals surface area contributed by atoms with Gasteiger partial charge in [-0.25, -0.2) is 9.48 Å². The molecule has 1 N–H and O–H groups in total. The van der Waals surface area contributed by atoms with Crippen LogP contribution in [0.4, 0.5) is 0 Å². The molecule has 0 atom stereocenters. The molecule has 0 unspecified atom stereocenters. The highest BCUT2D eigenvalue weighted by molar-refractivity contribution is 5.86. The first-order valence-electron chi connectivity index (χ1n) is 5.38. The van der Waals surface area contributed by atoms with E-state index in [1.807, 2.05) is 24.3 Å². The highest BCUT2D eigenvalue weighted by Crippen LogP contribution is 2.19. The first-order valence-corrected chi connectivity index (χ1v) is 5.38. The van der Waals surface area contributed by atoms with E-state index in [-0.39, 0.29) is 5.69 Å². The lowest BCUT2D eigenvalue weighted by molar-refractivity contribution is 0.0683. The Morgan fingerprint density at radius 1 is 1.44 bits per heavy atom. The predicted molar refractivity (Wildman–Crippen MR) is 63.8 cm³/mol. The van der Waals surface area contributed by atoms with Gasteiger partial charge < -0.3 is 9.84 Å². The number of ether oxygens (including phenoxy) is 1. The number of hydrogen-bond donors (Lipinski definition) is 1. The summed E-state index contributed by atoms with van der Waals surface area (Å²) in [5, 5.41) is 16.7. The summed E-state index contributed by atoms with van der Waals surface area (Å²) in [4.78, 5) is 11.1. The van der Waals surface area contributed by atoms with Crippen LogP contribution in [0.1, 0.15) is 21.7 Å². The van der Waals surface area contributed by atoms with E-state index in [1.54, 1.807) is 14.0 Å². The Morgan fingerprint density at radius 3 is 2.83 bits per heavy atom. The fourth-order valence-electron chi connectivity index (χ4n) is 1.77. The van der Waals surface area contributed by atoms with E-state index in [4.69, 9.17) is 9.84 Å². The van der Waals surface area contributed by atoms with Crippen LogP contribution < -0.4 is 4.74 Å². The zero-order valence-electron chi connectivity index (χ0n) is 10.1. The quantitative estimate of drug-likeness (QED) is 0.882. The molecule has 0 amide bonds. The van der Waals surface area contributed by atoms with Crippen LogP contribution in [-0.4, -0.2) is 33.2 Å². The van der Waals surface area contributed by atoms with Gasteiger partial charge in [-0.3, -0.25) is 0 Å². The Bertz CT molecular complexity index is 578. The number of methoxy groups -OCH3 is 1. The number of hydrogen-bond acceptors (Lipinski definition) is 4.